The van der Waals surface area contributed by atoms with Gasteiger partial charge in [-0.25, -0.2) is 0 Å². The number of methoxy groups -OCH3 is 3. The van der Waals surface area contributed by atoms with E-state index in [2.05, 4.69) is 4.99 Å². The largest absolute Gasteiger partial charge is 0.496 e. The number of amidine groups is 1. The van der Waals surface area contributed by atoms with Crippen molar-refractivity contribution in [3.8, 4) is 17.2 Å². The van der Waals surface area contributed by atoms with Crippen molar-refractivity contribution in [1.29, 1.82) is 0 Å². The van der Waals surface area contributed by atoms with Crippen LogP contribution in [0.25, 0.3) is 0 Å². The Morgan fingerprint density at radius 3 is 2.11 bits per heavy atom. The van der Waals surface area contributed by atoms with Gasteiger partial charge in [0.1, 0.15) is 17.2 Å². The molecular weight excluding hydrogens is 252 g/mol. The van der Waals surface area contributed by atoms with E-state index in [-0.39, 0.29) is 6.02 Å². The van der Waals surface area contributed by atoms with Crippen LogP contribution in [-0.2, 0) is 9.53 Å². The normalized spacial score (nSPS) is 17.7. The van der Waals surface area contributed by atoms with Gasteiger partial charge in [0.2, 0.25) is 6.10 Å². The summed E-state index contributed by atoms with van der Waals surface area (Å²) in [5.41, 5.74) is 5.82. The molecule has 1 amide bonds. The molecule has 7 heteroatoms. The molecule has 0 aliphatic carbocycles. The molecule has 1 unspecified atom stereocenters. The predicted octanol–water partition coefficient (Wildman–Crippen LogP) is 0.625. The molecule has 2 N–H and O–H groups in total. The third-order valence-corrected chi connectivity index (χ3v) is 2.70. The van der Waals surface area contributed by atoms with Crippen LogP contribution in [0.2, 0.25) is 0 Å². The van der Waals surface area contributed by atoms with Crippen molar-refractivity contribution < 1.29 is 23.7 Å². The first-order valence-electron chi connectivity index (χ1n) is 5.45. The number of nitrogens with two attached hydrogens (primary N) is 1. The molecule has 0 aromatic heterocycles. The predicted molar refractivity (Wildman–Crippen MR) is 66.6 cm³/mol. The maximum absolute atomic E-state index is 11.7. The Morgan fingerprint density at radius 1 is 1.16 bits per heavy atom. The Hall–Kier alpha value is -2.44. The van der Waals surface area contributed by atoms with Crippen molar-refractivity contribution in [2.45, 2.75) is 6.10 Å². The summed E-state index contributed by atoms with van der Waals surface area (Å²) in [6, 6.07) is 3.08. The summed E-state index contributed by atoms with van der Waals surface area (Å²) in [4.78, 5) is 15.3. The minimum absolute atomic E-state index is 0.171. The second-order valence-corrected chi connectivity index (χ2v) is 3.73. The monoisotopic (exact) mass is 266 g/mol. The molecule has 1 aliphatic heterocycles. The number of benzene rings is 1. The van der Waals surface area contributed by atoms with E-state index in [1.54, 1.807) is 12.1 Å². The van der Waals surface area contributed by atoms with Gasteiger partial charge in [0.25, 0.3) is 11.9 Å². The highest BCUT2D eigenvalue weighted by Gasteiger charge is 2.35. The van der Waals surface area contributed by atoms with Crippen molar-refractivity contribution in [3.63, 3.8) is 0 Å². The van der Waals surface area contributed by atoms with Gasteiger partial charge in [-0.05, 0) is 0 Å². The summed E-state index contributed by atoms with van der Waals surface area (Å²) in [6.07, 6.45) is -0.962. The van der Waals surface area contributed by atoms with Crippen LogP contribution in [0.1, 0.15) is 11.7 Å². The number of carbonyl (C=O) groups is 1. The maximum atomic E-state index is 11.7. The Balaban J connectivity index is 2.52. The third-order valence-electron chi connectivity index (χ3n) is 2.70. The Bertz CT molecular complexity index is 516. The van der Waals surface area contributed by atoms with E-state index < -0.39 is 12.0 Å². The van der Waals surface area contributed by atoms with E-state index in [1.165, 1.54) is 21.3 Å². The van der Waals surface area contributed by atoms with Gasteiger partial charge in [-0.1, -0.05) is 0 Å². The van der Waals surface area contributed by atoms with E-state index in [1.807, 2.05) is 0 Å². The fourth-order valence-corrected chi connectivity index (χ4v) is 1.84. The van der Waals surface area contributed by atoms with Crippen LogP contribution in [0, 0.1) is 0 Å². The lowest BCUT2D eigenvalue weighted by Gasteiger charge is -2.17. The van der Waals surface area contributed by atoms with Gasteiger partial charge < -0.3 is 24.7 Å². The lowest BCUT2D eigenvalue weighted by Crippen LogP contribution is -2.15. The minimum Gasteiger partial charge on any atom is -0.496 e. The first-order valence-corrected chi connectivity index (χ1v) is 5.45. The number of nitrogens with zero attached hydrogens (tertiary/aromatic N) is 1. The smallest absolute Gasteiger partial charge is 0.296 e. The van der Waals surface area contributed by atoms with Crippen LogP contribution >= 0.6 is 0 Å². The van der Waals surface area contributed by atoms with E-state index in [4.69, 9.17) is 24.7 Å². The molecule has 0 fully saturated rings. The van der Waals surface area contributed by atoms with Crippen LogP contribution in [0.15, 0.2) is 17.1 Å². The molecule has 1 aromatic carbocycles. The molecule has 19 heavy (non-hydrogen) atoms. The summed E-state index contributed by atoms with van der Waals surface area (Å²) in [5, 5.41) is 0. The van der Waals surface area contributed by atoms with Crippen molar-refractivity contribution >= 4 is 11.9 Å². The maximum Gasteiger partial charge on any atom is 0.296 e. The molecule has 0 spiro atoms. The average Bonchev–Trinajstić information content (AvgIpc) is 2.75. The Morgan fingerprint density at radius 2 is 1.74 bits per heavy atom. The van der Waals surface area contributed by atoms with Crippen molar-refractivity contribution in [3.05, 3.63) is 17.7 Å². The topological polar surface area (TPSA) is 92.4 Å². The zero-order valence-electron chi connectivity index (χ0n) is 10.8. The molecule has 1 heterocycles. The number of aliphatic imine (C=N–C) groups is 1. The van der Waals surface area contributed by atoms with Crippen molar-refractivity contribution in [2.75, 3.05) is 21.3 Å². The van der Waals surface area contributed by atoms with Crippen LogP contribution in [0.5, 0.6) is 17.2 Å². The molecule has 1 aromatic rings. The molecule has 1 atom stereocenters. The first kappa shape index (κ1) is 13.0. The zero-order chi connectivity index (χ0) is 14.0. The highest BCUT2D eigenvalue weighted by molar-refractivity contribution is 5.99. The molecule has 0 radical (unpaired) electrons. The van der Waals surface area contributed by atoms with Crippen LogP contribution < -0.4 is 19.9 Å². The van der Waals surface area contributed by atoms with Gasteiger partial charge in [-0.15, -0.1) is 0 Å². The third kappa shape index (κ3) is 2.26. The number of hydrogen-bond donors (Lipinski definition) is 1. The van der Waals surface area contributed by atoms with Crippen LogP contribution in [0.3, 0.4) is 0 Å². The molecule has 0 saturated heterocycles. The fraction of sp³-hybridized carbons (Fsp3) is 0.333. The lowest BCUT2D eigenvalue weighted by atomic mass is 10.1. The molecule has 0 saturated carbocycles. The molecule has 102 valence electrons. The Labute approximate surface area is 109 Å². The quantitative estimate of drug-likeness (QED) is 0.859. The van der Waals surface area contributed by atoms with E-state index in [0.29, 0.717) is 22.8 Å². The second-order valence-electron chi connectivity index (χ2n) is 3.73. The number of carbonyl (C=O) groups excluding carboxylic acids is 1. The first-order chi connectivity index (χ1) is 9.10. The van der Waals surface area contributed by atoms with E-state index in [9.17, 15) is 4.79 Å². The number of rotatable bonds is 4. The summed E-state index contributed by atoms with van der Waals surface area (Å²) < 4.78 is 20.8. The summed E-state index contributed by atoms with van der Waals surface area (Å²) in [5.74, 6) is 0.843. The minimum atomic E-state index is -0.962. The highest BCUT2D eigenvalue weighted by Crippen LogP contribution is 2.41. The number of amides is 1. The summed E-state index contributed by atoms with van der Waals surface area (Å²) in [6.45, 7) is 0. The Kier molecular flexibility index (Phi) is 3.46. The van der Waals surface area contributed by atoms with Gasteiger partial charge in [0.05, 0.1) is 26.9 Å². The SMILES string of the molecule is COc1cc(OC)c(C2OC(N)=NC2=O)c(OC)c1. The van der Waals surface area contributed by atoms with Gasteiger partial charge >= 0.3 is 0 Å². The molecule has 7 nitrogen and oxygen atoms in total. The van der Waals surface area contributed by atoms with Crippen LogP contribution in [0.4, 0.5) is 0 Å². The zero-order valence-corrected chi connectivity index (χ0v) is 10.8. The number of ether oxygens (including phenoxy) is 4. The molecule has 1 aliphatic rings. The fourth-order valence-electron chi connectivity index (χ4n) is 1.84. The molecular formula is C12H14N2O5. The lowest BCUT2D eigenvalue weighted by molar-refractivity contribution is -0.123. The summed E-state index contributed by atoms with van der Waals surface area (Å²) in [7, 11) is 4.47. The van der Waals surface area contributed by atoms with Gasteiger partial charge in [-0.3, -0.25) is 4.79 Å². The van der Waals surface area contributed by atoms with Crippen molar-refractivity contribution in [1.82, 2.24) is 0 Å². The molecule has 2 rings (SSSR count). The number of hydrogen-bond acceptors (Lipinski definition) is 6. The van der Waals surface area contributed by atoms with Gasteiger partial charge in [0.15, 0.2) is 0 Å². The van der Waals surface area contributed by atoms with Crippen molar-refractivity contribution in [2.24, 2.45) is 10.7 Å². The average molecular weight is 266 g/mol. The van der Waals surface area contributed by atoms with Crippen LogP contribution in [-0.4, -0.2) is 33.3 Å². The van der Waals surface area contributed by atoms with E-state index >= 15 is 0 Å². The highest BCUT2D eigenvalue weighted by atomic mass is 16.5. The van der Waals surface area contributed by atoms with E-state index in [0.717, 1.165) is 0 Å². The van der Waals surface area contributed by atoms with Gasteiger partial charge in [0, 0.05) is 12.1 Å². The summed E-state index contributed by atoms with van der Waals surface area (Å²) >= 11 is 0. The standard InChI is InChI=1S/C12H14N2O5/c1-16-6-4-7(17-2)9(8(5-6)18-3)10-11(15)14-12(13)19-10/h4-5,10H,1-3H3,(H2,13,14,15). The molecule has 0 bridgehead atoms. The van der Waals surface area contributed by atoms with Gasteiger partial charge in [-0.2, -0.15) is 4.99 Å². The second kappa shape index (κ2) is 5.05.